The van der Waals surface area contributed by atoms with Gasteiger partial charge in [0.05, 0.1) is 11.3 Å². The van der Waals surface area contributed by atoms with Crippen LogP contribution in [0, 0.1) is 5.82 Å². The van der Waals surface area contributed by atoms with E-state index < -0.39 is 34.1 Å². The molecular weight excluding hydrogens is 274 g/mol. The number of rotatable bonds is 4. The first-order valence-electron chi connectivity index (χ1n) is 4.99. The average Bonchev–Trinajstić information content (AvgIpc) is 2.26. The predicted molar refractivity (Wildman–Crippen MR) is 57.7 cm³/mol. The standard InChI is InChI=1S/C10H11F4NO2S/c1-2-18(16,17)15-6-7-4-3-5-8(9(7)11)10(12,13)14/h3-5,15H,2,6H2,1H3. The summed E-state index contributed by atoms with van der Waals surface area (Å²) in [5, 5.41) is 0. The second-order valence-corrected chi connectivity index (χ2v) is 5.60. The molecule has 0 saturated carbocycles. The Balaban J connectivity index is 2.99. The SMILES string of the molecule is CCS(=O)(=O)NCc1cccc(C(F)(F)F)c1F. The van der Waals surface area contributed by atoms with Crippen LogP contribution < -0.4 is 4.72 Å². The van der Waals surface area contributed by atoms with Gasteiger partial charge in [0.15, 0.2) is 0 Å². The van der Waals surface area contributed by atoms with Gasteiger partial charge in [0.1, 0.15) is 5.82 Å². The fraction of sp³-hybridized carbons (Fsp3) is 0.400. The van der Waals surface area contributed by atoms with E-state index in [1.165, 1.54) is 6.92 Å². The summed E-state index contributed by atoms with van der Waals surface area (Å²) >= 11 is 0. The lowest BCUT2D eigenvalue weighted by molar-refractivity contribution is -0.140. The van der Waals surface area contributed by atoms with Crippen molar-refractivity contribution in [2.75, 3.05) is 5.75 Å². The van der Waals surface area contributed by atoms with E-state index in [4.69, 9.17) is 0 Å². The summed E-state index contributed by atoms with van der Waals surface area (Å²) in [6, 6.07) is 2.73. The molecule has 0 unspecified atom stereocenters. The van der Waals surface area contributed by atoms with Crippen molar-refractivity contribution in [1.82, 2.24) is 4.72 Å². The van der Waals surface area contributed by atoms with Gasteiger partial charge >= 0.3 is 6.18 Å². The lowest BCUT2D eigenvalue weighted by atomic mass is 10.1. The fourth-order valence-corrected chi connectivity index (χ4v) is 1.80. The van der Waals surface area contributed by atoms with Gasteiger partial charge in [-0.3, -0.25) is 0 Å². The topological polar surface area (TPSA) is 46.2 Å². The van der Waals surface area contributed by atoms with E-state index >= 15 is 0 Å². The molecule has 0 spiro atoms. The zero-order chi connectivity index (χ0) is 14.0. The highest BCUT2D eigenvalue weighted by Gasteiger charge is 2.34. The molecule has 8 heteroatoms. The molecule has 0 atom stereocenters. The third-order valence-electron chi connectivity index (χ3n) is 2.25. The first kappa shape index (κ1) is 14.9. The maximum absolute atomic E-state index is 13.5. The second-order valence-electron chi connectivity index (χ2n) is 3.50. The van der Waals surface area contributed by atoms with Gasteiger partial charge in [0, 0.05) is 12.1 Å². The number of sulfonamides is 1. The summed E-state index contributed by atoms with van der Waals surface area (Å²) in [6.45, 7) is 0.858. The van der Waals surface area contributed by atoms with Crippen molar-refractivity contribution in [3.63, 3.8) is 0 Å². The Hall–Kier alpha value is -1.15. The quantitative estimate of drug-likeness (QED) is 0.863. The van der Waals surface area contributed by atoms with Crippen LogP contribution in [0.4, 0.5) is 17.6 Å². The van der Waals surface area contributed by atoms with E-state index in [1.807, 2.05) is 4.72 Å². The van der Waals surface area contributed by atoms with Crippen LogP contribution in [0.2, 0.25) is 0 Å². The zero-order valence-electron chi connectivity index (χ0n) is 9.38. The van der Waals surface area contributed by atoms with E-state index in [9.17, 15) is 26.0 Å². The van der Waals surface area contributed by atoms with Crippen LogP contribution in [0.1, 0.15) is 18.1 Å². The van der Waals surface area contributed by atoms with Crippen LogP contribution in [0.3, 0.4) is 0 Å². The minimum atomic E-state index is -4.80. The van der Waals surface area contributed by atoms with Gasteiger partial charge < -0.3 is 0 Å². The smallest absolute Gasteiger partial charge is 0.212 e. The summed E-state index contributed by atoms with van der Waals surface area (Å²) < 4.78 is 74.9. The molecule has 1 aromatic rings. The number of hydrogen-bond donors (Lipinski definition) is 1. The molecule has 0 aliphatic rings. The molecule has 0 saturated heterocycles. The van der Waals surface area contributed by atoms with Gasteiger partial charge in [-0.1, -0.05) is 12.1 Å². The molecule has 0 amide bonds. The third kappa shape index (κ3) is 3.67. The second kappa shape index (κ2) is 5.23. The largest absolute Gasteiger partial charge is 0.419 e. The van der Waals surface area contributed by atoms with Gasteiger partial charge in [-0.25, -0.2) is 17.5 Å². The first-order chi connectivity index (χ1) is 8.17. The van der Waals surface area contributed by atoms with Gasteiger partial charge in [0.25, 0.3) is 0 Å². The highest BCUT2D eigenvalue weighted by molar-refractivity contribution is 7.89. The Morgan fingerprint density at radius 2 is 1.89 bits per heavy atom. The third-order valence-corrected chi connectivity index (χ3v) is 3.59. The van der Waals surface area contributed by atoms with Crippen molar-refractivity contribution in [2.45, 2.75) is 19.6 Å². The van der Waals surface area contributed by atoms with Crippen molar-refractivity contribution in [2.24, 2.45) is 0 Å². The molecule has 0 aliphatic heterocycles. The molecule has 1 rings (SSSR count). The van der Waals surface area contributed by atoms with Gasteiger partial charge in [-0.15, -0.1) is 0 Å². The lowest BCUT2D eigenvalue weighted by Gasteiger charge is -2.11. The number of nitrogens with one attached hydrogen (secondary N) is 1. The van der Waals surface area contributed by atoms with Crippen molar-refractivity contribution in [1.29, 1.82) is 0 Å². The lowest BCUT2D eigenvalue weighted by Crippen LogP contribution is -2.25. The Labute approximate surface area is 102 Å². The summed E-state index contributed by atoms with van der Waals surface area (Å²) in [5.41, 5.74) is -1.75. The molecule has 0 fully saturated rings. The summed E-state index contributed by atoms with van der Waals surface area (Å²) in [5.74, 6) is -1.68. The maximum atomic E-state index is 13.5. The summed E-state index contributed by atoms with van der Waals surface area (Å²) in [7, 11) is -3.58. The highest BCUT2D eigenvalue weighted by atomic mass is 32.2. The number of benzene rings is 1. The van der Waals surface area contributed by atoms with Crippen LogP contribution in [0.5, 0.6) is 0 Å². The average molecular weight is 285 g/mol. The highest BCUT2D eigenvalue weighted by Crippen LogP contribution is 2.32. The maximum Gasteiger partial charge on any atom is 0.419 e. The summed E-state index contributed by atoms with van der Waals surface area (Å²) in [6.07, 6.45) is -4.80. The van der Waals surface area contributed by atoms with Gasteiger partial charge in [0.2, 0.25) is 10.0 Å². The molecule has 0 heterocycles. The van der Waals surface area contributed by atoms with E-state index in [-0.39, 0.29) is 11.3 Å². The molecular formula is C10H11F4NO2S. The number of halogens is 4. The molecule has 1 N–H and O–H groups in total. The van der Waals surface area contributed by atoms with Crippen LogP contribution in [-0.4, -0.2) is 14.2 Å². The van der Waals surface area contributed by atoms with E-state index in [1.54, 1.807) is 0 Å². The van der Waals surface area contributed by atoms with Crippen molar-refractivity contribution < 1.29 is 26.0 Å². The van der Waals surface area contributed by atoms with Gasteiger partial charge in [-0.05, 0) is 13.0 Å². The normalized spacial score (nSPS) is 12.7. The Morgan fingerprint density at radius 3 is 2.39 bits per heavy atom. The van der Waals surface area contributed by atoms with Crippen LogP contribution in [0.15, 0.2) is 18.2 Å². The Kier molecular flexibility index (Phi) is 4.33. The fourth-order valence-electron chi connectivity index (χ4n) is 1.23. The molecule has 3 nitrogen and oxygen atoms in total. The first-order valence-corrected chi connectivity index (χ1v) is 6.64. The van der Waals surface area contributed by atoms with E-state index in [2.05, 4.69) is 0 Å². The predicted octanol–water partition coefficient (Wildman–Crippen LogP) is 2.28. The minimum Gasteiger partial charge on any atom is -0.212 e. The summed E-state index contributed by atoms with van der Waals surface area (Å²) in [4.78, 5) is 0. The van der Waals surface area contributed by atoms with Crippen LogP contribution >= 0.6 is 0 Å². The number of alkyl halides is 3. The van der Waals surface area contributed by atoms with E-state index in [0.29, 0.717) is 6.07 Å². The minimum absolute atomic E-state index is 0.229. The molecule has 1 aromatic carbocycles. The molecule has 18 heavy (non-hydrogen) atoms. The monoisotopic (exact) mass is 285 g/mol. The number of hydrogen-bond acceptors (Lipinski definition) is 2. The Morgan fingerprint density at radius 1 is 1.28 bits per heavy atom. The van der Waals surface area contributed by atoms with E-state index in [0.717, 1.165) is 12.1 Å². The molecule has 0 aromatic heterocycles. The Bertz CT molecular complexity index is 525. The van der Waals surface area contributed by atoms with Crippen molar-refractivity contribution in [3.05, 3.63) is 35.1 Å². The molecule has 102 valence electrons. The van der Waals surface area contributed by atoms with Crippen LogP contribution in [0.25, 0.3) is 0 Å². The molecule has 0 radical (unpaired) electrons. The zero-order valence-corrected chi connectivity index (χ0v) is 10.2. The molecule has 0 bridgehead atoms. The molecule has 0 aliphatic carbocycles. The van der Waals surface area contributed by atoms with Gasteiger partial charge in [-0.2, -0.15) is 13.2 Å². The van der Waals surface area contributed by atoms with Crippen molar-refractivity contribution >= 4 is 10.0 Å². The van der Waals surface area contributed by atoms with Crippen LogP contribution in [-0.2, 0) is 22.7 Å². The van der Waals surface area contributed by atoms with Crippen molar-refractivity contribution in [3.8, 4) is 0 Å².